The summed E-state index contributed by atoms with van der Waals surface area (Å²) in [7, 11) is 0. The van der Waals surface area contributed by atoms with Crippen LogP contribution in [0.4, 0.5) is 5.69 Å². The zero-order valence-electron chi connectivity index (χ0n) is 20.1. The van der Waals surface area contributed by atoms with Crippen molar-refractivity contribution in [2.24, 2.45) is 5.41 Å². The van der Waals surface area contributed by atoms with E-state index in [2.05, 4.69) is 76.1 Å². The minimum Gasteiger partial charge on any atom is -0.370 e. The SMILES string of the molecule is CCc1ccc2nccc(N3CC[C@]4(CCN(Cc5ccc6[nH]c(C#N)cc6c5C)C4)C3)c2c1. The van der Waals surface area contributed by atoms with Crippen LogP contribution < -0.4 is 4.90 Å². The Morgan fingerprint density at radius 1 is 1.06 bits per heavy atom. The van der Waals surface area contributed by atoms with Crippen LogP contribution in [0.5, 0.6) is 0 Å². The highest BCUT2D eigenvalue weighted by Crippen LogP contribution is 2.43. The third-order valence-electron chi connectivity index (χ3n) is 8.19. The van der Waals surface area contributed by atoms with Gasteiger partial charge >= 0.3 is 0 Å². The molecule has 5 heteroatoms. The van der Waals surface area contributed by atoms with Crippen molar-refractivity contribution < 1.29 is 0 Å². The zero-order chi connectivity index (χ0) is 23.3. The van der Waals surface area contributed by atoms with Gasteiger partial charge in [0.1, 0.15) is 11.8 Å². The van der Waals surface area contributed by atoms with Gasteiger partial charge in [0.2, 0.25) is 0 Å². The van der Waals surface area contributed by atoms with Crippen molar-refractivity contribution >= 4 is 27.5 Å². The number of rotatable bonds is 4. The van der Waals surface area contributed by atoms with Gasteiger partial charge in [-0.05, 0) is 79.8 Å². The Hall–Kier alpha value is -3.36. The minimum atomic E-state index is 0.373. The lowest BCUT2D eigenvalue weighted by molar-refractivity contribution is 0.270. The number of hydrogen-bond donors (Lipinski definition) is 1. The largest absolute Gasteiger partial charge is 0.370 e. The van der Waals surface area contributed by atoms with Gasteiger partial charge in [0.05, 0.1) is 5.52 Å². The molecule has 5 nitrogen and oxygen atoms in total. The maximum Gasteiger partial charge on any atom is 0.118 e. The molecular weight excluding hydrogens is 418 g/mol. The van der Waals surface area contributed by atoms with Crippen molar-refractivity contribution in [2.75, 3.05) is 31.1 Å². The van der Waals surface area contributed by atoms with Gasteiger partial charge in [0.15, 0.2) is 0 Å². The molecule has 0 amide bonds. The molecule has 4 aromatic rings. The summed E-state index contributed by atoms with van der Waals surface area (Å²) in [5.41, 5.74) is 8.54. The number of benzene rings is 2. The second-order valence-corrected chi connectivity index (χ2v) is 10.3. The second-order valence-electron chi connectivity index (χ2n) is 10.3. The van der Waals surface area contributed by atoms with Crippen molar-refractivity contribution in [3.63, 3.8) is 0 Å². The van der Waals surface area contributed by atoms with Gasteiger partial charge < -0.3 is 9.88 Å². The zero-order valence-corrected chi connectivity index (χ0v) is 20.1. The molecule has 0 saturated carbocycles. The Morgan fingerprint density at radius 3 is 2.79 bits per heavy atom. The summed E-state index contributed by atoms with van der Waals surface area (Å²) >= 11 is 0. The highest BCUT2D eigenvalue weighted by atomic mass is 15.2. The highest BCUT2D eigenvalue weighted by Gasteiger charge is 2.43. The van der Waals surface area contributed by atoms with Gasteiger partial charge in [-0.1, -0.05) is 19.1 Å². The summed E-state index contributed by atoms with van der Waals surface area (Å²) in [6.07, 6.45) is 5.53. The van der Waals surface area contributed by atoms with E-state index in [-0.39, 0.29) is 0 Å². The van der Waals surface area contributed by atoms with E-state index in [1.807, 2.05) is 12.3 Å². The van der Waals surface area contributed by atoms with E-state index in [9.17, 15) is 5.26 Å². The number of anilines is 1. The van der Waals surface area contributed by atoms with Crippen molar-refractivity contribution in [1.82, 2.24) is 14.9 Å². The van der Waals surface area contributed by atoms with E-state index < -0.39 is 0 Å². The second kappa shape index (κ2) is 8.14. The molecule has 6 rings (SSSR count). The topological polar surface area (TPSA) is 59.0 Å². The van der Waals surface area contributed by atoms with Crippen molar-refractivity contribution in [3.05, 3.63) is 71.0 Å². The number of nitrogens with zero attached hydrogens (tertiary/aromatic N) is 4. The van der Waals surface area contributed by atoms with E-state index in [1.54, 1.807) is 0 Å². The molecule has 34 heavy (non-hydrogen) atoms. The van der Waals surface area contributed by atoms with E-state index in [4.69, 9.17) is 0 Å². The van der Waals surface area contributed by atoms with Crippen LogP contribution in [-0.2, 0) is 13.0 Å². The van der Waals surface area contributed by atoms with Gasteiger partial charge in [-0.15, -0.1) is 0 Å². The lowest BCUT2D eigenvalue weighted by Crippen LogP contribution is -2.31. The summed E-state index contributed by atoms with van der Waals surface area (Å²) in [6, 6.07) is 17.5. The third kappa shape index (κ3) is 3.54. The average molecular weight is 450 g/mol. The Balaban J connectivity index is 1.20. The lowest BCUT2D eigenvalue weighted by Gasteiger charge is -2.26. The summed E-state index contributed by atoms with van der Waals surface area (Å²) < 4.78 is 0. The van der Waals surface area contributed by atoms with Crippen LogP contribution in [-0.4, -0.2) is 41.0 Å². The Bertz CT molecular complexity index is 1430. The molecule has 1 spiro atoms. The molecule has 2 aromatic heterocycles. The Kier molecular flexibility index (Phi) is 5.08. The molecule has 2 aliphatic rings. The summed E-state index contributed by atoms with van der Waals surface area (Å²) in [5, 5.41) is 11.7. The first-order valence-electron chi connectivity index (χ1n) is 12.4. The number of aryl methyl sites for hydroxylation is 2. The average Bonchev–Trinajstić information content (AvgIpc) is 3.59. The molecule has 0 bridgehead atoms. The molecule has 1 N–H and O–H groups in total. The van der Waals surface area contributed by atoms with E-state index in [0.29, 0.717) is 11.1 Å². The van der Waals surface area contributed by atoms with Crippen molar-refractivity contribution in [1.29, 1.82) is 5.26 Å². The maximum absolute atomic E-state index is 9.24. The lowest BCUT2D eigenvalue weighted by atomic mass is 9.86. The van der Waals surface area contributed by atoms with E-state index in [1.165, 1.54) is 46.0 Å². The molecule has 2 aliphatic heterocycles. The number of nitrogens with one attached hydrogen (secondary N) is 1. The van der Waals surface area contributed by atoms with Crippen LogP contribution >= 0.6 is 0 Å². The number of hydrogen-bond acceptors (Lipinski definition) is 4. The fourth-order valence-corrected chi connectivity index (χ4v) is 6.18. The fourth-order valence-electron chi connectivity index (χ4n) is 6.18. The first kappa shape index (κ1) is 21.2. The number of aromatic nitrogens is 2. The summed E-state index contributed by atoms with van der Waals surface area (Å²) in [6.45, 7) is 9.94. The predicted octanol–water partition coefficient (Wildman–Crippen LogP) is 5.56. The molecule has 0 aliphatic carbocycles. The monoisotopic (exact) mass is 449 g/mol. The Morgan fingerprint density at radius 2 is 1.94 bits per heavy atom. The van der Waals surface area contributed by atoms with E-state index in [0.717, 1.165) is 50.2 Å². The first-order valence-corrected chi connectivity index (χ1v) is 12.4. The highest BCUT2D eigenvalue weighted by molar-refractivity contribution is 5.92. The molecule has 172 valence electrons. The number of pyridine rings is 1. The minimum absolute atomic E-state index is 0.373. The normalized spacial score (nSPS) is 20.7. The number of aromatic amines is 1. The molecule has 2 aromatic carbocycles. The number of fused-ring (bicyclic) bond motifs is 2. The van der Waals surface area contributed by atoms with Gasteiger partial charge in [-0.2, -0.15) is 5.26 Å². The number of likely N-dealkylation sites (tertiary alicyclic amines) is 1. The maximum atomic E-state index is 9.24. The molecule has 0 radical (unpaired) electrons. The predicted molar refractivity (Wildman–Crippen MR) is 138 cm³/mol. The standard InChI is InChI=1S/C29H31N5/c1-3-21-4-6-26-25(14-21)28(8-11-31-26)34-13-10-29(19-34)9-12-33(18-29)17-22-5-7-27-24(20(22)2)15-23(16-30)32-27/h4-8,11,14-15,32H,3,9-10,12-13,17-19H2,1-2H3/t29-/m0/s1. The number of H-pyrrole nitrogens is 1. The van der Waals surface area contributed by atoms with Crippen LogP contribution in [0.2, 0.25) is 0 Å². The van der Waals surface area contributed by atoms with Crippen molar-refractivity contribution in [3.8, 4) is 6.07 Å². The van der Waals surface area contributed by atoms with E-state index >= 15 is 0 Å². The molecule has 2 fully saturated rings. The van der Waals surface area contributed by atoms with Gasteiger partial charge in [-0.25, -0.2) is 0 Å². The third-order valence-corrected chi connectivity index (χ3v) is 8.19. The molecule has 1 atom stereocenters. The van der Waals surface area contributed by atoms with Crippen LogP contribution in [0.15, 0.2) is 48.7 Å². The molecule has 2 saturated heterocycles. The van der Waals surface area contributed by atoms with Crippen LogP contribution in [0.3, 0.4) is 0 Å². The number of nitriles is 1. The first-order chi connectivity index (χ1) is 16.6. The fraction of sp³-hybridized carbons (Fsp3) is 0.379. The van der Waals surface area contributed by atoms with Gasteiger partial charge in [0, 0.05) is 59.8 Å². The van der Waals surface area contributed by atoms with Gasteiger partial charge in [0.25, 0.3) is 0 Å². The quantitative estimate of drug-likeness (QED) is 0.443. The van der Waals surface area contributed by atoms with Crippen LogP contribution in [0.25, 0.3) is 21.8 Å². The van der Waals surface area contributed by atoms with Crippen LogP contribution in [0, 0.1) is 23.7 Å². The molecule has 0 unspecified atom stereocenters. The van der Waals surface area contributed by atoms with Crippen LogP contribution in [0.1, 0.15) is 42.1 Å². The molecule has 4 heterocycles. The Labute approximate surface area is 201 Å². The molecular formula is C29H31N5. The van der Waals surface area contributed by atoms with Gasteiger partial charge in [-0.3, -0.25) is 9.88 Å². The smallest absolute Gasteiger partial charge is 0.118 e. The van der Waals surface area contributed by atoms with Crippen molar-refractivity contribution in [2.45, 2.75) is 39.7 Å². The summed E-state index contributed by atoms with van der Waals surface area (Å²) in [4.78, 5) is 13.1. The summed E-state index contributed by atoms with van der Waals surface area (Å²) in [5.74, 6) is 0.